The number of amides is 1. The van der Waals surface area contributed by atoms with Crippen molar-refractivity contribution in [2.75, 3.05) is 6.54 Å². The SMILES string of the molecule is CC(=O)NCc1cccc([C@H]2CCCN2Cc2nc[nH]c2C)n1. The van der Waals surface area contributed by atoms with Gasteiger partial charge in [-0.05, 0) is 38.4 Å². The molecule has 3 rings (SSSR count). The molecule has 0 bridgehead atoms. The van der Waals surface area contributed by atoms with E-state index in [1.165, 1.54) is 13.3 Å². The minimum absolute atomic E-state index is 0.0336. The summed E-state index contributed by atoms with van der Waals surface area (Å²) in [5.41, 5.74) is 4.22. The number of carbonyl (C=O) groups is 1. The van der Waals surface area contributed by atoms with Crippen LogP contribution in [0.3, 0.4) is 0 Å². The van der Waals surface area contributed by atoms with Crippen molar-refractivity contribution in [2.45, 2.75) is 45.8 Å². The first-order valence-electron chi connectivity index (χ1n) is 8.06. The average molecular weight is 313 g/mol. The molecule has 0 aromatic carbocycles. The number of aryl methyl sites for hydroxylation is 1. The van der Waals surface area contributed by atoms with Crippen LogP contribution < -0.4 is 5.32 Å². The molecule has 2 aromatic rings. The van der Waals surface area contributed by atoms with Crippen LogP contribution in [0.5, 0.6) is 0 Å². The van der Waals surface area contributed by atoms with Crippen LogP contribution >= 0.6 is 0 Å². The lowest BCUT2D eigenvalue weighted by molar-refractivity contribution is -0.119. The summed E-state index contributed by atoms with van der Waals surface area (Å²) in [5.74, 6) is -0.0336. The average Bonchev–Trinajstić information content (AvgIpc) is 3.16. The van der Waals surface area contributed by atoms with Crippen molar-refractivity contribution < 1.29 is 4.79 Å². The highest BCUT2D eigenvalue weighted by Crippen LogP contribution is 2.32. The van der Waals surface area contributed by atoms with Crippen molar-refractivity contribution in [2.24, 2.45) is 0 Å². The number of nitrogens with one attached hydrogen (secondary N) is 2. The molecule has 1 atom stereocenters. The molecule has 1 aliphatic heterocycles. The van der Waals surface area contributed by atoms with E-state index in [0.717, 1.165) is 42.3 Å². The van der Waals surface area contributed by atoms with Gasteiger partial charge in [0.1, 0.15) is 0 Å². The van der Waals surface area contributed by atoms with E-state index in [1.54, 1.807) is 6.33 Å². The second-order valence-electron chi connectivity index (χ2n) is 6.07. The van der Waals surface area contributed by atoms with Crippen LogP contribution in [0.15, 0.2) is 24.5 Å². The summed E-state index contributed by atoms with van der Waals surface area (Å²) in [6.07, 6.45) is 4.04. The highest BCUT2D eigenvalue weighted by atomic mass is 16.1. The third kappa shape index (κ3) is 3.76. The molecule has 1 aliphatic rings. The lowest BCUT2D eigenvalue weighted by atomic mass is 10.1. The van der Waals surface area contributed by atoms with Crippen LogP contribution in [-0.4, -0.2) is 32.3 Å². The molecule has 23 heavy (non-hydrogen) atoms. The van der Waals surface area contributed by atoms with Gasteiger partial charge in [0.15, 0.2) is 0 Å². The Labute approximate surface area is 136 Å². The van der Waals surface area contributed by atoms with E-state index in [1.807, 2.05) is 12.1 Å². The number of aromatic nitrogens is 3. The number of likely N-dealkylation sites (tertiary alicyclic amines) is 1. The maximum absolute atomic E-state index is 11.1. The highest BCUT2D eigenvalue weighted by Gasteiger charge is 2.28. The molecule has 6 heteroatoms. The van der Waals surface area contributed by atoms with E-state index in [-0.39, 0.29) is 5.91 Å². The summed E-state index contributed by atoms with van der Waals surface area (Å²) in [6.45, 7) is 5.97. The standard InChI is InChI=1S/C17H23N5O/c1-12-16(20-11-19-12)10-22-8-4-7-17(22)15-6-3-5-14(21-15)9-18-13(2)23/h3,5-6,11,17H,4,7-10H2,1-2H3,(H,18,23)(H,19,20)/t17-/m1/s1. The number of carbonyl (C=O) groups excluding carboxylic acids is 1. The summed E-state index contributed by atoms with van der Waals surface area (Å²) in [5, 5.41) is 2.81. The number of aromatic amines is 1. The van der Waals surface area contributed by atoms with Gasteiger partial charge in [0.25, 0.3) is 0 Å². The summed E-state index contributed by atoms with van der Waals surface area (Å²) < 4.78 is 0. The van der Waals surface area contributed by atoms with Gasteiger partial charge in [-0.1, -0.05) is 6.07 Å². The largest absolute Gasteiger partial charge is 0.351 e. The van der Waals surface area contributed by atoms with Gasteiger partial charge in [-0.15, -0.1) is 0 Å². The van der Waals surface area contributed by atoms with Gasteiger partial charge >= 0.3 is 0 Å². The van der Waals surface area contributed by atoms with Crippen LogP contribution in [0.4, 0.5) is 0 Å². The Kier molecular flexibility index (Phi) is 4.71. The molecule has 1 amide bonds. The molecular formula is C17H23N5O. The molecule has 0 saturated carbocycles. The van der Waals surface area contributed by atoms with E-state index in [0.29, 0.717) is 12.6 Å². The molecule has 0 unspecified atom stereocenters. The zero-order valence-corrected chi connectivity index (χ0v) is 13.7. The summed E-state index contributed by atoms with van der Waals surface area (Å²) in [7, 11) is 0. The second-order valence-corrected chi connectivity index (χ2v) is 6.07. The number of rotatable bonds is 5. The number of pyridine rings is 1. The summed E-state index contributed by atoms with van der Waals surface area (Å²) in [6, 6.07) is 6.38. The monoisotopic (exact) mass is 313 g/mol. The fraction of sp³-hybridized carbons (Fsp3) is 0.471. The molecule has 3 heterocycles. The summed E-state index contributed by atoms with van der Waals surface area (Å²) >= 11 is 0. The number of hydrogen-bond donors (Lipinski definition) is 2. The predicted octanol–water partition coefficient (Wildman–Crippen LogP) is 2.09. The van der Waals surface area contributed by atoms with Crippen LogP contribution in [0.2, 0.25) is 0 Å². The minimum atomic E-state index is -0.0336. The first-order valence-corrected chi connectivity index (χ1v) is 8.06. The number of hydrogen-bond acceptors (Lipinski definition) is 4. The third-order valence-corrected chi connectivity index (χ3v) is 4.34. The molecule has 0 radical (unpaired) electrons. The van der Waals surface area contributed by atoms with Gasteiger partial charge in [0.2, 0.25) is 5.91 Å². The topological polar surface area (TPSA) is 73.9 Å². The van der Waals surface area contributed by atoms with Crippen LogP contribution in [0.25, 0.3) is 0 Å². The van der Waals surface area contributed by atoms with Gasteiger partial charge in [0, 0.05) is 19.2 Å². The Morgan fingerprint density at radius 1 is 1.48 bits per heavy atom. The van der Waals surface area contributed by atoms with E-state index >= 15 is 0 Å². The zero-order chi connectivity index (χ0) is 16.2. The number of imidazole rings is 1. The van der Waals surface area contributed by atoms with Crippen molar-refractivity contribution in [3.63, 3.8) is 0 Å². The zero-order valence-electron chi connectivity index (χ0n) is 13.7. The summed E-state index contributed by atoms with van der Waals surface area (Å²) in [4.78, 5) is 25.8. The van der Waals surface area contributed by atoms with Crippen molar-refractivity contribution in [1.82, 2.24) is 25.2 Å². The Hall–Kier alpha value is -2.21. The minimum Gasteiger partial charge on any atom is -0.351 e. The van der Waals surface area contributed by atoms with Crippen LogP contribution in [0, 0.1) is 6.92 Å². The fourth-order valence-corrected chi connectivity index (χ4v) is 3.09. The number of H-pyrrole nitrogens is 1. The molecule has 1 fully saturated rings. The predicted molar refractivity (Wildman–Crippen MR) is 87.5 cm³/mol. The number of nitrogens with zero attached hydrogens (tertiary/aromatic N) is 3. The molecule has 0 aliphatic carbocycles. The van der Waals surface area contributed by atoms with Gasteiger partial charge < -0.3 is 10.3 Å². The lowest BCUT2D eigenvalue weighted by Gasteiger charge is -2.24. The molecular weight excluding hydrogens is 290 g/mol. The van der Waals surface area contributed by atoms with E-state index in [2.05, 4.69) is 33.2 Å². The van der Waals surface area contributed by atoms with Gasteiger partial charge in [0.05, 0.1) is 36.0 Å². The van der Waals surface area contributed by atoms with Crippen LogP contribution in [0.1, 0.15) is 48.6 Å². The lowest BCUT2D eigenvalue weighted by Crippen LogP contribution is -2.25. The Balaban J connectivity index is 1.73. The molecule has 0 spiro atoms. The Morgan fingerprint density at radius 2 is 2.35 bits per heavy atom. The first kappa shape index (κ1) is 15.7. The van der Waals surface area contributed by atoms with Crippen molar-refractivity contribution in [1.29, 1.82) is 0 Å². The molecule has 1 saturated heterocycles. The Bertz CT molecular complexity index is 681. The molecule has 122 valence electrons. The van der Waals surface area contributed by atoms with Gasteiger partial charge in [-0.25, -0.2) is 4.98 Å². The van der Waals surface area contributed by atoms with Crippen LogP contribution in [-0.2, 0) is 17.9 Å². The van der Waals surface area contributed by atoms with Gasteiger partial charge in [-0.2, -0.15) is 0 Å². The van der Waals surface area contributed by atoms with Gasteiger partial charge in [-0.3, -0.25) is 14.7 Å². The normalized spacial score (nSPS) is 18.3. The quantitative estimate of drug-likeness (QED) is 0.886. The third-order valence-electron chi connectivity index (χ3n) is 4.34. The van der Waals surface area contributed by atoms with Crippen molar-refractivity contribution in [3.8, 4) is 0 Å². The molecule has 2 aromatic heterocycles. The fourth-order valence-electron chi connectivity index (χ4n) is 3.09. The van der Waals surface area contributed by atoms with Crippen molar-refractivity contribution in [3.05, 3.63) is 47.3 Å². The maximum atomic E-state index is 11.1. The Morgan fingerprint density at radius 3 is 3.09 bits per heavy atom. The highest BCUT2D eigenvalue weighted by molar-refractivity contribution is 5.72. The molecule has 6 nitrogen and oxygen atoms in total. The van der Waals surface area contributed by atoms with Crippen molar-refractivity contribution >= 4 is 5.91 Å². The van der Waals surface area contributed by atoms with E-state index < -0.39 is 0 Å². The smallest absolute Gasteiger partial charge is 0.217 e. The van der Waals surface area contributed by atoms with E-state index in [4.69, 9.17) is 4.98 Å². The maximum Gasteiger partial charge on any atom is 0.217 e. The first-order chi connectivity index (χ1) is 11.1. The second kappa shape index (κ2) is 6.91. The molecule has 2 N–H and O–H groups in total. The van der Waals surface area contributed by atoms with E-state index in [9.17, 15) is 4.79 Å².